The summed E-state index contributed by atoms with van der Waals surface area (Å²) in [4.78, 5) is 0. The molecule has 45 heavy (non-hydrogen) atoms. The molecule has 0 amide bonds. The van der Waals surface area contributed by atoms with Crippen molar-refractivity contribution in [1.82, 2.24) is 9.13 Å². The Labute approximate surface area is 262 Å². The molecule has 6 aromatic carbocycles. The summed E-state index contributed by atoms with van der Waals surface area (Å²) < 4.78 is 4.87. The first kappa shape index (κ1) is 25.6. The average molecular weight is 575 g/mol. The van der Waals surface area contributed by atoms with Gasteiger partial charge in [-0.25, -0.2) is 0 Å². The average Bonchev–Trinajstić information content (AvgIpc) is 3.50. The molecule has 0 saturated carbocycles. The molecule has 0 fully saturated rings. The minimum atomic E-state index is 0.876. The van der Waals surface area contributed by atoms with Crippen molar-refractivity contribution in [2.24, 2.45) is 0 Å². The number of nitrogens with zero attached hydrogens (tertiary/aromatic N) is 2. The van der Waals surface area contributed by atoms with Crippen molar-refractivity contribution in [2.75, 3.05) is 0 Å². The van der Waals surface area contributed by atoms with Crippen LogP contribution in [0.15, 0.2) is 170 Å². The maximum atomic E-state index is 2.45. The Hall–Kier alpha value is -5.86. The molecule has 0 unspecified atom stereocenters. The van der Waals surface area contributed by atoms with Crippen molar-refractivity contribution in [3.05, 3.63) is 175 Å². The number of hydrogen-bond acceptors (Lipinski definition) is 0. The number of rotatable bonds is 4. The fourth-order valence-corrected chi connectivity index (χ4v) is 7.14. The largest absolute Gasteiger partial charge is 0.310 e. The lowest BCUT2D eigenvalue weighted by molar-refractivity contribution is 1.18. The third kappa shape index (κ3) is 4.11. The van der Waals surface area contributed by atoms with Gasteiger partial charge in [0.15, 0.2) is 0 Å². The van der Waals surface area contributed by atoms with Crippen LogP contribution in [0.2, 0.25) is 0 Å². The van der Waals surface area contributed by atoms with Gasteiger partial charge in [-0.15, -0.1) is 0 Å². The Bertz CT molecular complexity index is 2470. The zero-order valence-electron chi connectivity index (χ0n) is 24.8. The highest BCUT2D eigenvalue weighted by molar-refractivity contribution is 6.29. The molecular formula is C43H30N2. The predicted octanol–water partition coefficient (Wildman–Crippen LogP) is 11.4. The van der Waals surface area contributed by atoms with E-state index >= 15 is 0 Å². The number of fused-ring (bicyclic) bond motifs is 7. The van der Waals surface area contributed by atoms with Crippen LogP contribution in [0.25, 0.3) is 71.7 Å². The van der Waals surface area contributed by atoms with Crippen LogP contribution in [-0.4, -0.2) is 9.13 Å². The normalized spacial score (nSPS) is 13.4. The molecule has 1 aliphatic rings. The third-order valence-corrected chi connectivity index (χ3v) is 9.17. The van der Waals surface area contributed by atoms with Crippen molar-refractivity contribution < 1.29 is 0 Å². The standard InChI is InChI=1S/C43H30N2/c1-3-12-30(13-4-1)32-16-11-17-34(25-22-32)44-38-20-9-7-18-36(38)42-40(44)28-29-41-43(42)37-19-8-10-21-39(37)45(41)35-26-23-33(24-27-35)31-14-5-2-6-15-31/h1-10,12-29H,11H2. The van der Waals surface area contributed by atoms with Crippen molar-refractivity contribution >= 4 is 54.9 Å². The number of benzene rings is 6. The van der Waals surface area contributed by atoms with E-state index in [9.17, 15) is 0 Å². The maximum Gasteiger partial charge on any atom is 0.0548 e. The Morgan fingerprint density at radius 3 is 1.58 bits per heavy atom. The summed E-state index contributed by atoms with van der Waals surface area (Å²) >= 11 is 0. The Morgan fingerprint density at radius 1 is 0.378 bits per heavy atom. The quantitative estimate of drug-likeness (QED) is 0.198. The van der Waals surface area contributed by atoms with E-state index in [1.54, 1.807) is 0 Å². The lowest BCUT2D eigenvalue weighted by Gasteiger charge is -2.10. The minimum absolute atomic E-state index is 0.876. The van der Waals surface area contributed by atoms with Crippen LogP contribution < -0.4 is 0 Å². The minimum Gasteiger partial charge on any atom is -0.310 e. The molecule has 0 aliphatic heterocycles. The van der Waals surface area contributed by atoms with Crippen LogP contribution in [-0.2, 0) is 0 Å². The van der Waals surface area contributed by atoms with Gasteiger partial charge in [-0.05, 0) is 71.2 Å². The van der Waals surface area contributed by atoms with E-state index in [0.29, 0.717) is 0 Å². The van der Waals surface area contributed by atoms with Gasteiger partial charge in [0.05, 0.1) is 22.1 Å². The Kier molecular flexibility index (Phi) is 5.92. The smallest absolute Gasteiger partial charge is 0.0548 e. The first-order valence-corrected chi connectivity index (χ1v) is 15.6. The molecular weight excluding hydrogens is 544 g/mol. The highest BCUT2D eigenvalue weighted by Gasteiger charge is 2.20. The first-order chi connectivity index (χ1) is 22.3. The van der Waals surface area contributed by atoms with Crippen LogP contribution in [0.4, 0.5) is 0 Å². The van der Waals surface area contributed by atoms with E-state index in [1.807, 2.05) is 0 Å². The molecule has 212 valence electrons. The van der Waals surface area contributed by atoms with E-state index < -0.39 is 0 Å². The van der Waals surface area contributed by atoms with Gasteiger partial charge >= 0.3 is 0 Å². The molecule has 1 aliphatic carbocycles. The molecule has 8 aromatic rings. The van der Waals surface area contributed by atoms with E-state index in [4.69, 9.17) is 0 Å². The summed E-state index contributed by atoms with van der Waals surface area (Å²) in [5, 5.41) is 5.14. The molecule has 2 aromatic heterocycles. The van der Waals surface area contributed by atoms with E-state index in [2.05, 4.69) is 179 Å². The highest BCUT2D eigenvalue weighted by atomic mass is 15.0. The van der Waals surface area contributed by atoms with E-state index in [0.717, 1.165) is 12.1 Å². The lowest BCUT2D eigenvalue weighted by Crippen LogP contribution is -1.95. The van der Waals surface area contributed by atoms with Gasteiger partial charge in [0.1, 0.15) is 0 Å². The summed E-state index contributed by atoms with van der Waals surface area (Å²) in [6.45, 7) is 0. The Morgan fingerprint density at radius 2 is 0.911 bits per heavy atom. The number of para-hydroxylation sites is 2. The second-order valence-corrected chi connectivity index (χ2v) is 11.7. The Balaban J connectivity index is 1.26. The van der Waals surface area contributed by atoms with Crippen LogP contribution in [0, 0.1) is 0 Å². The SMILES string of the molecule is C1=CC(n2c3ccccc3c3c4c5ccccc5n(-c5ccc(-c6ccccc6)cc5)c4ccc32)=CCC=C1c1ccccc1. The molecule has 0 atom stereocenters. The molecule has 0 spiro atoms. The second-order valence-electron chi connectivity index (χ2n) is 11.7. The van der Waals surface area contributed by atoms with Crippen LogP contribution in [0.1, 0.15) is 12.0 Å². The van der Waals surface area contributed by atoms with Gasteiger partial charge in [0, 0.05) is 32.9 Å². The molecule has 0 bridgehead atoms. The number of aromatic nitrogens is 2. The zero-order valence-corrected chi connectivity index (χ0v) is 24.8. The van der Waals surface area contributed by atoms with E-state index in [-0.39, 0.29) is 0 Å². The highest BCUT2D eigenvalue weighted by Crippen LogP contribution is 2.42. The maximum absolute atomic E-state index is 2.45. The van der Waals surface area contributed by atoms with Crippen molar-refractivity contribution in [2.45, 2.75) is 6.42 Å². The lowest BCUT2D eigenvalue weighted by atomic mass is 10.1. The van der Waals surface area contributed by atoms with Gasteiger partial charge in [-0.2, -0.15) is 0 Å². The molecule has 9 rings (SSSR count). The second kappa shape index (κ2) is 10.4. The van der Waals surface area contributed by atoms with Gasteiger partial charge < -0.3 is 9.13 Å². The van der Waals surface area contributed by atoms with Gasteiger partial charge in [0.25, 0.3) is 0 Å². The number of hydrogen-bond donors (Lipinski definition) is 0. The van der Waals surface area contributed by atoms with Crippen LogP contribution >= 0.6 is 0 Å². The summed E-state index contributed by atoms with van der Waals surface area (Å²) in [6, 6.07) is 52.5. The van der Waals surface area contributed by atoms with Crippen molar-refractivity contribution in [3.63, 3.8) is 0 Å². The molecule has 2 heteroatoms. The van der Waals surface area contributed by atoms with Gasteiger partial charge in [-0.3, -0.25) is 0 Å². The van der Waals surface area contributed by atoms with Crippen molar-refractivity contribution in [1.29, 1.82) is 0 Å². The third-order valence-electron chi connectivity index (χ3n) is 9.17. The number of allylic oxidation sites excluding steroid dienone is 6. The van der Waals surface area contributed by atoms with Crippen molar-refractivity contribution in [3.8, 4) is 16.8 Å². The first-order valence-electron chi connectivity index (χ1n) is 15.6. The molecule has 2 nitrogen and oxygen atoms in total. The monoisotopic (exact) mass is 574 g/mol. The molecule has 0 N–H and O–H groups in total. The van der Waals surface area contributed by atoms with E-state index in [1.165, 1.54) is 71.6 Å². The molecule has 0 saturated heterocycles. The summed E-state index contributed by atoms with van der Waals surface area (Å²) in [7, 11) is 0. The van der Waals surface area contributed by atoms with Gasteiger partial charge in [-0.1, -0.05) is 127 Å². The fraction of sp³-hybridized carbons (Fsp3) is 0.0233. The summed E-state index contributed by atoms with van der Waals surface area (Å²) in [6.07, 6.45) is 10.1. The predicted molar refractivity (Wildman–Crippen MR) is 192 cm³/mol. The zero-order chi connectivity index (χ0) is 29.7. The topological polar surface area (TPSA) is 9.86 Å². The fourth-order valence-electron chi connectivity index (χ4n) is 7.14. The molecule has 0 radical (unpaired) electrons. The van der Waals surface area contributed by atoms with Crippen LogP contribution in [0.3, 0.4) is 0 Å². The van der Waals surface area contributed by atoms with Gasteiger partial charge in [0.2, 0.25) is 0 Å². The summed E-state index contributed by atoms with van der Waals surface area (Å²) in [5.74, 6) is 0. The van der Waals surface area contributed by atoms with Crippen LogP contribution in [0.5, 0.6) is 0 Å². The molecule has 2 heterocycles. The summed E-state index contributed by atoms with van der Waals surface area (Å²) in [5.41, 5.74) is 12.2.